The van der Waals surface area contributed by atoms with Crippen molar-refractivity contribution in [2.45, 2.75) is 32.6 Å². The second kappa shape index (κ2) is 11.7. The first kappa shape index (κ1) is 24.1. The Balaban J connectivity index is 0.00000288. The predicted molar refractivity (Wildman–Crippen MR) is 106 cm³/mol. The van der Waals surface area contributed by atoms with Gasteiger partial charge >= 0.3 is 0 Å². The van der Waals surface area contributed by atoms with Gasteiger partial charge in [0.25, 0.3) is 0 Å². The summed E-state index contributed by atoms with van der Waals surface area (Å²) in [5.41, 5.74) is 0.783. The van der Waals surface area contributed by atoms with E-state index in [1.54, 1.807) is 13.3 Å². The third-order valence-electron chi connectivity index (χ3n) is 4.86. The third kappa shape index (κ3) is 6.41. The molecule has 1 amide bonds. The van der Waals surface area contributed by atoms with Crippen molar-refractivity contribution < 1.29 is 9.53 Å². The number of hydrogen-bond donors (Lipinski definition) is 2. The lowest BCUT2D eigenvalue weighted by atomic mass is 9.78. The molecule has 0 radical (unpaired) electrons. The number of hydrogen-bond acceptors (Lipinski definition) is 4. The maximum Gasteiger partial charge on any atom is 0.228 e. The van der Waals surface area contributed by atoms with Gasteiger partial charge in [0.15, 0.2) is 0 Å². The second-order valence-corrected chi connectivity index (χ2v) is 6.81. The molecule has 1 aromatic rings. The van der Waals surface area contributed by atoms with E-state index in [0.717, 1.165) is 25.9 Å². The fourth-order valence-electron chi connectivity index (χ4n) is 3.34. The van der Waals surface area contributed by atoms with Crippen LogP contribution in [0.4, 0.5) is 0 Å². The van der Waals surface area contributed by atoms with E-state index in [4.69, 9.17) is 4.74 Å². The van der Waals surface area contributed by atoms with Crippen LogP contribution in [-0.4, -0.2) is 44.2 Å². The lowest BCUT2D eigenvalue weighted by Gasteiger charge is -2.36. The first-order valence-electron chi connectivity index (χ1n) is 8.47. The SMILES string of the molecule is COCC1(C(=O)NCC(c2cccnc2)C(C)C)CCNCC1.Cl.Cl. The van der Waals surface area contributed by atoms with Crippen LogP contribution in [0.2, 0.25) is 0 Å². The van der Waals surface area contributed by atoms with Crippen LogP contribution in [0.5, 0.6) is 0 Å². The molecule has 1 aromatic heterocycles. The van der Waals surface area contributed by atoms with E-state index in [1.165, 1.54) is 5.56 Å². The number of piperidine rings is 1. The van der Waals surface area contributed by atoms with Crippen LogP contribution >= 0.6 is 24.8 Å². The van der Waals surface area contributed by atoms with E-state index in [9.17, 15) is 4.79 Å². The molecule has 1 fully saturated rings. The number of aromatic nitrogens is 1. The number of halogens is 2. The molecule has 2 heterocycles. The number of methoxy groups -OCH3 is 1. The minimum Gasteiger partial charge on any atom is -0.384 e. The number of carbonyl (C=O) groups excluding carboxylic acids is 1. The normalized spacial score (nSPS) is 17.1. The quantitative estimate of drug-likeness (QED) is 0.749. The van der Waals surface area contributed by atoms with E-state index in [2.05, 4.69) is 35.5 Å². The lowest BCUT2D eigenvalue weighted by molar-refractivity contribution is -0.136. The average molecular weight is 392 g/mol. The molecule has 0 aliphatic carbocycles. The van der Waals surface area contributed by atoms with Gasteiger partial charge < -0.3 is 15.4 Å². The first-order chi connectivity index (χ1) is 11.1. The number of nitrogens with zero attached hydrogens (tertiary/aromatic N) is 1. The highest BCUT2D eigenvalue weighted by atomic mass is 35.5. The van der Waals surface area contributed by atoms with Gasteiger partial charge in [-0.1, -0.05) is 19.9 Å². The summed E-state index contributed by atoms with van der Waals surface area (Å²) in [7, 11) is 1.67. The molecule has 0 aromatic carbocycles. The molecule has 1 saturated heterocycles. The fourth-order valence-corrected chi connectivity index (χ4v) is 3.34. The summed E-state index contributed by atoms with van der Waals surface area (Å²) >= 11 is 0. The van der Waals surface area contributed by atoms with Crippen LogP contribution < -0.4 is 10.6 Å². The van der Waals surface area contributed by atoms with Crippen LogP contribution in [0.3, 0.4) is 0 Å². The molecule has 7 heteroatoms. The fraction of sp³-hybridized carbons (Fsp3) is 0.667. The van der Waals surface area contributed by atoms with E-state index in [-0.39, 0.29) is 36.6 Å². The van der Waals surface area contributed by atoms with Gasteiger partial charge in [0, 0.05) is 32.0 Å². The number of nitrogens with one attached hydrogen (secondary N) is 2. The van der Waals surface area contributed by atoms with Gasteiger partial charge in [-0.15, -0.1) is 24.8 Å². The van der Waals surface area contributed by atoms with E-state index in [0.29, 0.717) is 19.1 Å². The number of amides is 1. The summed E-state index contributed by atoms with van der Waals surface area (Å²) in [6.07, 6.45) is 5.33. The molecule has 1 aliphatic heterocycles. The van der Waals surface area contributed by atoms with Crippen molar-refractivity contribution in [3.8, 4) is 0 Å². The predicted octanol–water partition coefficient (Wildman–Crippen LogP) is 2.80. The van der Waals surface area contributed by atoms with Crippen LogP contribution in [-0.2, 0) is 9.53 Å². The zero-order chi connectivity index (χ0) is 16.7. The Kier molecular flexibility index (Phi) is 11.3. The largest absolute Gasteiger partial charge is 0.384 e. The number of carbonyl (C=O) groups is 1. The highest BCUT2D eigenvalue weighted by Gasteiger charge is 2.39. The molecule has 0 saturated carbocycles. The summed E-state index contributed by atoms with van der Waals surface area (Å²) in [4.78, 5) is 17.0. The minimum absolute atomic E-state index is 0. The smallest absolute Gasteiger partial charge is 0.228 e. The molecular formula is C18H31Cl2N3O2. The summed E-state index contributed by atoms with van der Waals surface area (Å²) in [6.45, 7) is 7.22. The molecule has 5 nitrogen and oxygen atoms in total. The second-order valence-electron chi connectivity index (χ2n) is 6.81. The molecule has 25 heavy (non-hydrogen) atoms. The molecule has 0 bridgehead atoms. The average Bonchev–Trinajstić information content (AvgIpc) is 2.56. The highest BCUT2D eigenvalue weighted by molar-refractivity contribution is 5.85. The summed E-state index contributed by atoms with van der Waals surface area (Å²) < 4.78 is 5.35. The molecular weight excluding hydrogens is 361 g/mol. The summed E-state index contributed by atoms with van der Waals surface area (Å²) in [6, 6.07) is 4.03. The van der Waals surface area contributed by atoms with Gasteiger partial charge in [-0.25, -0.2) is 0 Å². The van der Waals surface area contributed by atoms with E-state index >= 15 is 0 Å². The van der Waals surface area contributed by atoms with Crippen molar-refractivity contribution in [2.24, 2.45) is 11.3 Å². The minimum atomic E-state index is -0.392. The van der Waals surface area contributed by atoms with Gasteiger partial charge in [0.05, 0.1) is 12.0 Å². The van der Waals surface area contributed by atoms with Crippen LogP contribution in [0.1, 0.15) is 38.2 Å². The molecule has 2 N–H and O–H groups in total. The highest BCUT2D eigenvalue weighted by Crippen LogP contribution is 2.30. The Labute approximate surface area is 163 Å². The Morgan fingerprint density at radius 2 is 2.04 bits per heavy atom. The molecule has 1 unspecified atom stereocenters. The van der Waals surface area contributed by atoms with Gasteiger partial charge in [-0.05, 0) is 43.5 Å². The molecule has 0 spiro atoms. The first-order valence-corrected chi connectivity index (χ1v) is 8.47. The maximum atomic E-state index is 12.8. The summed E-state index contributed by atoms with van der Waals surface area (Å²) in [5, 5.41) is 6.50. The van der Waals surface area contributed by atoms with Crippen LogP contribution in [0, 0.1) is 11.3 Å². The monoisotopic (exact) mass is 391 g/mol. The van der Waals surface area contributed by atoms with Crippen molar-refractivity contribution >= 4 is 30.7 Å². The molecule has 1 aliphatic rings. The van der Waals surface area contributed by atoms with Crippen molar-refractivity contribution in [2.75, 3.05) is 33.4 Å². The van der Waals surface area contributed by atoms with Crippen molar-refractivity contribution in [1.82, 2.24) is 15.6 Å². The van der Waals surface area contributed by atoms with Gasteiger partial charge in [-0.3, -0.25) is 9.78 Å². The number of rotatable bonds is 7. The zero-order valence-electron chi connectivity index (χ0n) is 15.3. The van der Waals surface area contributed by atoms with Crippen molar-refractivity contribution in [3.05, 3.63) is 30.1 Å². The van der Waals surface area contributed by atoms with Crippen LogP contribution in [0.25, 0.3) is 0 Å². The number of ether oxygens (including phenoxy) is 1. The lowest BCUT2D eigenvalue weighted by Crippen LogP contribution is -2.51. The van der Waals surface area contributed by atoms with Gasteiger partial charge in [-0.2, -0.15) is 0 Å². The number of pyridine rings is 1. The zero-order valence-corrected chi connectivity index (χ0v) is 16.9. The maximum absolute atomic E-state index is 12.8. The third-order valence-corrected chi connectivity index (χ3v) is 4.86. The van der Waals surface area contributed by atoms with Gasteiger partial charge in [0.2, 0.25) is 5.91 Å². The Hall–Kier alpha value is -0.880. The standard InChI is InChI=1S/C18H29N3O2.2ClH/c1-14(2)16(15-5-4-8-20-11-15)12-21-17(22)18(13-23-3)6-9-19-10-7-18;;/h4-5,8,11,14,16,19H,6-7,9-10,12-13H2,1-3H3,(H,21,22);2*1H. The van der Waals surface area contributed by atoms with E-state index in [1.807, 2.05) is 12.3 Å². The molecule has 144 valence electrons. The Morgan fingerprint density at radius 1 is 1.36 bits per heavy atom. The Bertz CT molecular complexity index is 489. The molecule has 2 rings (SSSR count). The van der Waals surface area contributed by atoms with Crippen molar-refractivity contribution in [1.29, 1.82) is 0 Å². The van der Waals surface area contributed by atoms with E-state index < -0.39 is 5.41 Å². The topological polar surface area (TPSA) is 63.2 Å². The summed E-state index contributed by atoms with van der Waals surface area (Å²) in [5.74, 6) is 0.829. The van der Waals surface area contributed by atoms with Crippen molar-refractivity contribution in [3.63, 3.8) is 0 Å². The van der Waals surface area contributed by atoms with Crippen LogP contribution in [0.15, 0.2) is 24.5 Å². The Morgan fingerprint density at radius 3 is 2.56 bits per heavy atom. The molecule has 1 atom stereocenters. The van der Waals surface area contributed by atoms with Gasteiger partial charge in [0.1, 0.15) is 0 Å².